The third-order valence-electron chi connectivity index (χ3n) is 3.48. The number of methoxy groups -OCH3 is 1. The van der Waals surface area contributed by atoms with Crippen molar-refractivity contribution in [2.75, 3.05) is 19.1 Å². The second-order valence-corrected chi connectivity index (χ2v) is 4.81. The molecule has 1 atom stereocenters. The number of rotatable bonds is 5. The molecule has 0 saturated heterocycles. The summed E-state index contributed by atoms with van der Waals surface area (Å²) in [5.41, 5.74) is 0.812. The molecule has 0 bridgehead atoms. The van der Waals surface area contributed by atoms with E-state index in [2.05, 4.69) is 26.9 Å². The summed E-state index contributed by atoms with van der Waals surface area (Å²) in [5.74, 6) is 2.32. The highest BCUT2D eigenvalue weighted by Crippen LogP contribution is 2.26. The molecule has 0 radical (unpaired) electrons. The number of hydrogen-bond acceptors (Lipinski definition) is 6. The van der Waals surface area contributed by atoms with Crippen molar-refractivity contribution in [3.63, 3.8) is 0 Å². The minimum absolute atomic E-state index is 0.0604. The Bertz CT molecular complexity index is 722. The molecule has 7 nitrogen and oxygen atoms in total. The molecule has 0 saturated carbocycles. The van der Waals surface area contributed by atoms with Crippen molar-refractivity contribution in [3.8, 4) is 0 Å². The quantitative estimate of drug-likeness (QED) is 0.715. The first-order valence-electron chi connectivity index (χ1n) is 6.65. The lowest BCUT2D eigenvalue weighted by Crippen LogP contribution is -2.24. The summed E-state index contributed by atoms with van der Waals surface area (Å²) in [4.78, 5) is 10.6. The number of anilines is 1. The first-order chi connectivity index (χ1) is 10.2. The van der Waals surface area contributed by atoms with Gasteiger partial charge in [-0.05, 0) is 19.1 Å². The Kier molecular flexibility index (Phi) is 3.57. The second kappa shape index (κ2) is 5.53. The van der Waals surface area contributed by atoms with Gasteiger partial charge in [0.25, 0.3) is 5.78 Å². The van der Waals surface area contributed by atoms with Crippen molar-refractivity contribution in [1.29, 1.82) is 0 Å². The molecule has 0 fully saturated rings. The molecule has 3 aromatic rings. The van der Waals surface area contributed by atoms with E-state index >= 15 is 0 Å². The minimum atomic E-state index is 0.0604. The molecule has 0 aliphatic heterocycles. The van der Waals surface area contributed by atoms with Crippen LogP contribution in [-0.2, 0) is 11.3 Å². The zero-order valence-electron chi connectivity index (χ0n) is 12.2. The van der Waals surface area contributed by atoms with Gasteiger partial charge in [0.2, 0.25) is 0 Å². The molecule has 110 valence electrons. The Balaban J connectivity index is 2.03. The van der Waals surface area contributed by atoms with E-state index < -0.39 is 0 Å². The molecule has 0 N–H and O–H groups in total. The average molecular weight is 287 g/mol. The SMILES string of the molecule is COCc1cc(N(C)C(C)c2ccco2)n2ncnc2n1. The van der Waals surface area contributed by atoms with Crippen LogP contribution in [0, 0.1) is 0 Å². The molecule has 3 rings (SSSR count). The largest absolute Gasteiger partial charge is 0.467 e. The second-order valence-electron chi connectivity index (χ2n) is 4.81. The number of furan rings is 1. The lowest BCUT2D eigenvalue weighted by atomic mass is 10.2. The van der Waals surface area contributed by atoms with Gasteiger partial charge in [-0.25, -0.2) is 4.98 Å². The third kappa shape index (κ3) is 2.47. The number of nitrogens with zero attached hydrogens (tertiary/aromatic N) is 5. The molecule has 0 aliphatic carbocycles. The summed E-state index contributed by atoms with van der Waals surface area (Å²) in [6, 6.07) is 5.85. The van der Waals surface area contributed by atoms with E-state index in [1.165, 1.54) is 6.33 Å². The van der Waals surface area contributed by atoms with Crippen molar-refractivity contribution in [2.45, 2.75) is 19.6 Å². The van der Waals surface area contributed by atoms with Gasteiger partial charge in [-0.1, -0.05) is 0 Å². The molecule has 21 heavy (non-hydrogen) atoms. The highest BCUT2D eigenvalue weighted by Gasteiger charge is 2.19. The Morgan fingerprint density at radius 2 is 2.33 bits per heavy atom. The van der Waals surface area contributed by atoms with Gasteiger partial charge in [0, 0.05) is 20.2 Å². The fraction of sp³-hybridized carbons (Fsp3) is 0.357. The lowest BCUT2D eigenvalue weighted by Gasteiger charge is -2.25. The van der Waals surface area contributed by atoms with Gasteiger partial charge < -0.3 is 14.1 Å². The zero-order valence-corrected chi connectivity index (χ0v) is 12.2. The molecule has 3 aromatic heterocycles. The van der Waals surface area contributed by atoms with Crippen molar-refractivity contribution < 1.29 is 9.15 Å². The molecular weight excluding hydrogens is 270 g/mol. The van der Waals surface area contributed by atoms with Crippen LogP contribution in [0.4, 0.5) is 5.82 Å². The zero-order chi connectivity index (χ0) is 14.8. The monoisotopic (exact) mass is 287 g/mol. The average Bonchev–Trinajstić information content (AvgIpc) is 3.16. The molecule has 0 aromatic carbocycles. The van der Waals surface area contributed by atoms with Gasteiger partial charge in [0.1, 0.15) is 17.9 Å². The summed E-state index contributed by atoms with van der Waals surface area (Å²) in [5, 5.41) is 4.23. The maximum atomic E-state index is 5.48. The van der Waals surface area contributed by atoms with Gasteiger partial charge in [0.15, 0.2) is 0 Å². The maximum absolute atomic E-state index is 5.48. The first kappa shape index (κ1) is 13.6. The summed E-state index contributed by atoms with van der Waals surface area (Å²) in [6.45, 7) is 2.50. The Morgan fingerprint density at radius 1 is 1.48 bits per heavy atom. The molecule has 0 amide bonds. The van der Waals surface area contributed by atoms with Crippen molar-refractivity contribution in [3.05, 3.63) is 42.2 Å². The summed E-state index contributed by atoms with van der Waals surface area (Å²) in [6.07, 6.45) is 3.17. The molecular formula is C14H17N5O2. The van der Waals surface area contributed by atoms with E-state index in [-0.39, 0.29) is 6.04 Å². The van der Waals surface area contributed by atoms with Gasteiger partial charge in [-0.2, -0.15) is 14.6 Å². The van der Waals surface area contributed by atoms with Crippen LogP contribution < -0.4 is 4.90 Å². The van der Waals surface area contributed by atoms with Crippen LogP contribution >= 0.6 is 0 Å². The van der Waals surface area contributed by atoms with Crippen molar-refractivity contribution in [2.24, 2.45) is 0 Å². The van der Waals surface area contributed by atoms with E-state index in [1.54, 1.807) is 17.9 Å². The number of fused-ring (bicyclic) bond motifs is 1. The van der Waals surface area contributed by atoms with Crippen molar-refractivity contribution >= 4 is 11.6 Å². The molecule has 3 heterocycles. The van der Waals surface area contributed by atoms with Crippen LogP contribution in [0.3, 0.4) is 0 Å². The van der Waals surface area contributed by atoms with Crippen LogP contribution in [0.5, 0.6) is 0 Å². The van der Waals surface area contributed by atoms with Crippen LogP contribution in [-0.4, -0.2) is 33.7 Å². The minimum Gasteiger partial charge on any atom is -0.467 e. The number of ether oxygens (including phenoxy) is 1. The van der Waals surface area contributed by atoms with Crippen LogP contribution in [0.15, 0.2) is 35.2 Å². The number of aromatic nitrogens is 4. The van der Waals surface area contributed by atoms with E-state index in [1.807, 2.05) is 25.2 Å². The third-order valence-corrected chi connectivity index (χ3v) is 3.48. The smallest absolute Gasteiger partial charge is 0.254 e. The number of hydrogen-bond donors (Lipinski definition) is 0. The summed E-state index contributed by atoms with van der Waals surface area (Å²) >= 11 is 0. The first-order valence-corrected chi connectivity index (χ1v) is 6.65. The lowest BCUT2D eigenvalue weighted by molar-refractivity contribution is 0.181. The van der Waals surface area contributed by atoms with Gasteiger partial charge >= 0.3 is 0 Å². The topological polar surface area (TPSA) is 68.7 Å². The predicted molar refractivity (Wildman–Crippen MR) is 77.0 cm³/mol. The fourth-order valence-electron chi connectivity index (χ4n) is 2.24. The Morgan fingerprint density at radius 3 is 3.05 bits per heavy atom. The van der Waals surface area contributed by atoms with E-state index in [4.69, 9.17) is 9.15 Å². The normalized spacial score (nSPS) is 12.7. The van der Waals surface area contributed by atoms with Gasteiger partial charge in [0.05, 0.1) is 24.6 Å². The molecule has 7 heteroatoms. The van der Waals surface area contributed by atoms with Crippen LogP contribution in [0.1, 0.15) is 24.4 Å². The predicted octanol–water partition coefficient (Wildman–Crippen LogP) is 2.06. The molecule has 1 unspecified atom stereocenters. The Hall–Kier alpha value is -2.41. The standard InChI is InChI=1S/C14H17N5O2/c1-10(12-5-4-6-21-12)18(2)13-7-11(8-20-3)17-14-15-9-16-19(13)14/h4-7,9-10H,8H2,1-3H3. The van der Waals surface area contributed by atoms with E-state index in [0.717, 1.165) is 17.3 Å². The van der Waals surface area contributed by atoms with Gasteiger partial charge in [-0.15, -0.1) is 0 Å². The van der Waals surface area contributed by atoms with E-state index in [9.17, 15) is 0 Å². The molecule has 0 aliphatic rings. The van der Waals surface area contributed by atoms with Crippen LogP contribution in [0.2, 0.25) is 0 Å². The summed E-state index contributed by atoms with van der Waals surface area (Å²) < 4.78 is 12.4. The highest BCUT2D eigenvalue weighted by molar-refractivity contribution is 5.48. The highest BCUT2D eigenvalue weighted by atomic mass is 16.5. The maximum Gasteiger partial charge on any atom is 0.254 e. The van der Waals surface area contributed by atoms with Gasteiger partial charge in [-0.3, -0.25) is 0 Å². The summed E-state index contributed by atoms with van der Waals surface area (Å²) in [7, 11) is 3.63. The molecule has 0 spiro atoms. The van der Waals surface area contributed by atoms with E-state index in [0.29, 0.717) is 12.4 Å². The fourth-order valence-corrected chi connectivity index (χ4v) is 2.24. The van der Waals surface area contributed by atoms with Crippen LogP contribution in [0.25, 0.3) is 5.78 Å². The van der Waals surface area contributed by atoms with Crippen molar-refractivity contribution in [1.82, 2.24) is 19.6 Å². The Labute approximate surface area is 122 Å².